The first-order valence-corrected chi connectivity index (χ1v) is 11.2. The van der Waals surface area contributed by atoms with E-state index < -0.39 is 11.7 Å². The first-order valence-electron chi connectivity index (χ1n) is 10.4. The van der Waals surface area contributed by atoms with Crippen LogP contribution in [0, 0.1) is 5.82 Å². The lowest BCUT2D eigenvalue weighted by molar-refractivity contribution is 0.102. The number of halogens is 1. The van der Waals surface area contributed by atoms with Gasteiger partial charge in [-0.1, -0.05) is 12.1 Å². The van der Waals surface area contributed by atoms with Gasteiger partial charge in [-0.15, -0.1) is 11.3 Å². The van der Waals surface area contributed by atoms with Crippen molar-refractivity contribution in [2.75, 3.05) is 5.32 Å². The van der Waals surface area contributed by atoms with Crippen LogP contribution in [0.2, 0.25) is 0 Å². The molecule has 1 amide bonds. The molecule has 8 heteroatoms. The van der Waals surface area contributed by atoms with Gasteiger partial charge < -0.3 is 10.1 Å². The van der Waals surface area contributed by atoms with Gasteiger partial charge in [-0.25, -0.2) is 9.37 Å². The van der Waals surface area contributed by atoms with Crippen LogP contribution >= 0.6 is 11.3 Å². The van der Waals surface area contributed by atoms with E-state index in [1.54, 1.807) is 46.1 Å². The summed E-state index contributed by atoms with van der Waals surface area (Å²) in [6.07, 6.45) is 4.19. The quantitative estimate of drug-likeness (QED) is 0.483. The molecule has 0 spiro atoms. The topological polar surface area (TPSA) is 72.7 Å². The van der Waals surface area contributed by atoms with Crippen molar-refractivity contribution in [1.29, 1.82) is 0 Å². The summed E-state index contributed by atoms with van der Waals surface area (Å²) in [7, 11) is 0. The average molecular weight is 450 g/mol. The number of hydrogen-bond donors (Lipinski definition) is 1. The zero-order valence-corrected chi connectivity index (χ0v) is 18.0. The Morgan fingerprint density at radius 3 is 2.72 bits per heavy atom. The minimum atomic E-state index is -0.572. The Morgan fingerprint density at radius 1 is 1.12 bits per heavy atom. The minimum absolute atomic E-state index is 0.0177. The van der Waals surface area contributed by atoms with Gasteiger partial charge in [0.25, 0.3) is 11.5 Å². The van der Waals surface area contributed by atoms with E-state index in [4.69, 9.17) is 4.74 Å². The van der Waals surface area contributed by atoms with Crippen LogP contribution in [0.15, 0.2) is 59.4 Å². The molecule has 0 bridgehead atoms. The highest BCUT2D eigenvalue weighted by molar-refractivity contribution is 7.17. The summed E-state index contributed by atoms with van der Waals surface area (Å²) in [6, 6.07) is 14.1. The zero-order chi connectivity index (χ0) is 22.1. The van der Waals surface area contributed by atoms with Gasteiger partial charge in [0.1, 0.15) is 18.2 Å². The summed E-state index contributed by atoms with van der Waals surface area (Å²) < 4.78 is 21.3. The van der Waals surface area contributed by atoms with Crippen LogP contribution in [0.25, 0.3) is 4.96 Å². The van der Waals surface area contributed by atoms with Gasteiger partial charge in [-0.2, -0.15) is 0 Å². The van der Waals surface area contributed by atoms with Gasteiger partial charge in [0.05, 0.1) is 11.3 Å². The summed E-state index contributed by atoms with van der Waals surface area (Å²) in [5, 5.41) is 2.66. The number of aryl methyl sites for hydroxylation is 2. The van der Waals surface area contributed by atoms with Crippen molar-refractivity contribution >= 4 is 27.9 Å². The summed E-state index contributed by atoms with van der Waals surface area (Å²) >= 11 is 1.59. The molecule has 0 saturated heterocycles. The van der Waals surface area contributed by atoms with Gasteiger partial charge in [-0.05, 0) is 62.1 Å². The van der Waals surface area contributed by atoms with Crippen LogP contribution in [-0.2, 0) is 19.4 Å². The van der Waals surface area contributed by atoms with Crippen LogP contribution in [-0.4, -0.2) is 15.3 Å². The molecule has 4 aromatic rings. The lowest BCUT2D eigenvalue weighted by Crippen LogP contribution is -2.18. The van der Waals surface area contributed by atoms with Gasteiger partial charge >= 0.3 is 0 Å². The largest absolute Gasteiger partial charge is 0.487 e. The predicted molar refractivity (Wildman–Crippen MR) is 121 cm³/mol. The van der Waals surface area contributed by atoms with Crippen molar-refractivity contribution in [3.05, 3.63) is 92.6 Å². The molecule has 0 fully saturated rings. The zero-order valence-electron chi connectivity index (χ0n) is 17.1. The van der Waals surface area contributed by atoms with Crippen molar-refractivity contribution < 1.29 is 13.9 Å². The van der Waals surface area contributed by atoms with E-state index in [0.29, 0.717) is 22.1 Å². The van der Waals surface area contributed by atoms with Gasteiger partial charge in [-0.3, -0.25) is 14.0 Å². The fourth-order valence-corrected chi connectivity index (χ4v) is 5.08. The number of fused-ring (bicyclic) bond motifs is 3. The van der Waals surface area contributed by atoms with Crippen molar-refractivity contribution in [3.63, 3.8) is 0 Å². The molecule has 0 saturated carbocycles. The van der Waals surface area contributed by atoms with E-state index in [9.17, 15) is 14.0 Å². The number of rotatable bonds is 5. The number of hydrogen-bond acceptors (Lipinski definition) is 5. The molecule has 32 heavy (non-hydrogen) atoms. The molecule has 162 valence electrons. The first-order chi connectivity index (χ1) is 15.6. The van der Waals surface area contributed by atoms with E-state index in [-0.39, 0.29) is 17.7 Å². The molecule has 0 radical (unpaired) electrons. The maximum absolute atomic E-state index is 13.8. The molecule has 2 aromatic heterocycles. The Morgan fingerprint density at radius 2 is 1.91 bits per heavy atom. The minimum Gasteiger partial charge on any atom is -0.487 e. The second kappa shape index (κ2) is 8.55. The van der Waals surface area contributed by atoms with Crippen molar-refractivity contribution in [2.45, 2.75) is 32.3 Å². The maximum atomic E-state index is 13.8. The Balaban J connectivity index is 1.26. The third kappa shape index (κ3) is 4.01. The maximum Gasteiger partial charge on any atom is 0.259 e. The van der Waals surface area contributed by atoms with E-state index in [0.717, 1.165) is 31.4 Å². The number of thiazole rings is 1. The Bertz CT molecular complexity index is 1360. The summed E-state index contributed by atoms with van der Waals surface area (Å²) in [5.41, 5.74) is 2.11. The van der Waals surface area contributed by atoms with Crippen LogP contribution in [0.3, 0.4) is 0 Å². The highest BCUT2D eigenvalue weighted by Crippen LogP contribution is 2.28. The van der Waals surface area contributed by atoms with Crippen LogP contribution in [0.4, 0.5) is 10.1 Å². The smallest absolute Gasteiger partial charge is 0.259 e. The molecular formula is C24H20FN3O3S. The molecule has 0 unspecified atom stereocenters. The summed E-state index contributed by atoms with van der Waals surface area (Å²) in [6.45, 7) is 0.162. The molecule has 0 aliphatic heterocycles. The van der Waals surface area contributed by atoms with Crippen molar-refractivity contribution in [3.8, 4) is 5.75 Å². The average Bonchev–Trinajstić information content (AvgIpc) is 3.18. The molecular weight excluding hydrogens is 429 g/mol. The molecule has 1 N–H and O–H groups in total. The predicted octanol–water partition coefficient (Wildman–Crippen LogP) is 4.61. The number of benzene rings is 2. The molecule has 1 aliphatic carbocycles. The van der Waals surface area contributed by atoms with E-state index in [2.05, 4.69) is 10.3 Å². The highest BCUT2D eigenvalue weighted by atomic mass is 32.1. The fourth-order valence-electron chi connectivity index (χ4n) is 3.85. The normalized spacial score (nSPS) is 13.0. The SMILES string of the molecule is O=C(Nc1ccc(OCc2cc(=O)n3c4c(sc3n2)CCCC4)cc1)c1ccccc1F. The third-order valence-corrected chi connectivity index (χ3v) is 6.57. The number of aromatic nitrogens is 2. The Kier molecular flexibility index (Phi) is 5.45. The second-order valence-corrected chi connectivity index (χ2v) is 8.69. The van der Waals surface area contributed by atoms with E-state index in [1.807, 2.05) is 0 Å². The number of nitrogens with zero attached hydrogens (tertiary/aromatic N) is 2. The molecule has 2 aromatic carbocycles. The highest BCUT2D eigenvalue weighted by Gasteiger charge is 2.18. The molecule has 1 aliphatic rings. The van der Waals surface area contributed by atoms with Gasteiger partial charge in [0.15, 0.2) is 4.96 Å². The first kappa shape index (κ1) is 20.4. The lowest BCUT2D eigenvalue weighted by Gasteiger charge is -2.10. The number of ether oxygens (including phenoxy) is 1. The standard InChI is InChI=1S/C24H20FN3O3S/c25-19-6-2-1-5-18(19)23(30)26-15-9-11-17(12-10-15)31-14-16-13-22(29)28-20-7-3-4-8-21(20)32-24(28)27-16/h1-2,5-6,9-13H,3-4,7-8,14H2,(H,26,30). The second-order valence-electron chi connectivity index (χ2n) is 7.63. The number of nitrogens with one attached hydrogen (secondary N) is 1. The van der Waals surface area contributed by atoms with E-state index in [1.165, 1.54) is 29.1 Å². The van der Waals surface area contributed by atoms with Gasteiger partial charge in [0, 0.05) is 22.3 Å². The number of anilines is 1. The summed E-state index contributed by atoms with van der Waals surface area (Å²) in [5.74, 6) is -0.522. The molecule has 0 atom stereocenters. The molecule has 6 nitrogen and oxygen atoms in total. The number of amides is 1. The summed E-state index contributed by atoms with van der Waals surface area (Å²) in [4.78, 5) is 31.5. The lowest BCUT2D eigenvalue weighted by atomic mass is 10.0. The van der Waals surface area contributed by atoms with Crippen LogP contribution in [0.5, 0.6) is 5.75 Å². The van der Waals surface area contributed by atoms with E-state index >= 15 is 0 Å². The Hall–Kier alpha value is -3.52. The van der Waals surface area contributed by atoms with Crippen molar-refractivity contribution in [2.24, 2.45) is 0 Å². The molecule has 2 heterocycles. The Labute approximate surface area is 187 Å². The monoisotopic (exact) mass is 449 g/mol. The van der Waals surface area contributed by atoms with Gasteiger partial charge in [0.2, 0.25) is 0 Å². The fraction of sp³-hybridized carbons (Fsp3) is 0.208. The number of carbonyl (C=O) groups is 1. The third-order valence-electron chi connectivity index (χ3n) is 5.43. The van der Waals surface area contributed by atoms with Crippen molar-refractivity contribution in [1.82, 2.24) is 9.38 Å². The van der Waals surface area contributed by atoms with Crippen LogP contribution < -0.4 is 15.6 Å². The number of carbonyl (C=O) groups excluding carboxylic acids is 1. The van der Waals surface area contributed by atoms with Crippen LogP contribution in [0.1, 0.15) is 39.5 Å². The molecule has 5 rings (SSSR count).